The number of benzene rings is 1. The molecule has 1 amide bonds. The summed E-state index contributed by atoms with van der Waals surface area (Å²) in [4.78, 5) is 17.5. The zero-order valence-electron chi connectivity index (χ0n) is 17.2. The van der Waals surface area contributed by atoms with Crippen molar-refractivity contribution in [3.05, 3.63) is 28.8 Å². The SMILES string of the molecule is CCN1CCN(C(C)CNC(=O)c2ccc(Cl)c(S(=O)(=O)N3CCCC3)c2)CC1. The molecule has 1 N–H and O–H groups in total. The van der Waals surface area contributed by atoms with Gasteiger partial charge in [0.25, 0.3) is 5.91 Å². The number of piperazine rings is 1. The maximum Gasteiger partial charge on any atom is 0.251 e. The van der Waals surface area contributed by atoms with Crippen LogP contribution in [0.5, 0.6) is 0 Å². The lowest BCUT2D eigenvalue weighted by molar-refractivity contribution is 0.0882. The Labute approximate surface area is 179 Å². The number of sulfonamides is 1. The highest BCUT2D eigenvalue weighted by Crippen LogP contribution is 2.28. The first-order chi connectivity index (χ1) is 13.8. The van der Waals surface area contributed by atoms with Crippen LogP contribution in [-0.2, 0) is 10.0 Å². The van der Waals surface area contributed by atoms with Crippen LogP contribution in [0.3, 0.4) is 0 Å². The minimum atomic E-state index is -3.67. The molecule has 2 heterocycles. The molecular weight excluding hydrogens is 412 g/mol. The molecule has 29 heavy (non-hydrogen) atoms. The molecule has 3 rings (SSSR count). The third-order valence-electron chi connectivity index (χ3n) is 5.91. The highest BCUT2D eigenvalue weighted by atomic mass is 35.5. The molecule has 1 aromatic rings. The Morgan fingerprint density at radius 1 is 1.14 bits per heavy atom. The number of carbonyl (C=O) groups excluding carboxylic acids is 1. The highest BCUT2D eigenvalue weighted by molar-refractivity contribution is 7.89. The summed E-state index contributed by atoms with van der Waals surface area (Å²) < 4.78 is 27.1. The van der Waals surface area contributed by atoms with Crippen LogP contribution in [0.2, 0.25) is 5.02 Å². The van der Waals surface area contributed by atoms with E-state index in [-0.39, 0.29) is 21.9 Å². The average molecular weight is 443 g/mol. The van der Waals surface area contributed by atoms with E-state index in [2.05, 4.69) is 29.0 Å². The lowest BCUT2D eigenvalue weighted by Crippen LogP contribution is -2.52. The number of halogens is 1. The number of rotatable bonds is 7. The molecule has 0 spiro atoms. The van der Waals surface area contributed by atoms with Crippen LogP contribution in [-0.4, -0.2) is 86.8 Å². The Hall–Kier alpha value is -1.19. The molecule has 2 aliphatic rings. The summed E-state index contributed by atoms with van der Waals surface area (Å²) in [6.07, 6.45) is 1.70. The van der Waals surface area contributed by atoms with Crippen molar-refractivity contribution in [2.75, 3.05) is 52.4 Å². The Bertz CT molecular complexity index is 819. The van der Waals surface area contributed by atoms with Gasteiger partial charge in [0.2, 0.25) is 10.0 Å². The summed E-state index contributed by atoms with van der Waals surface area (Å²) in [5.74, 6) is -0.279. The van der Waals surface area contributed by atoms with E-state index in [1.165, 1.54) is 16.4 Å². The number of hydrogen-bond donors (Lipinski definition) is 1. The molecule has 0 bridgehead atoms. The number of amides is 1. The Kier molecular flexibility index (Phi) is 7.56. The van der Waals surface area contributed by atoms with Gasteiger partial charge < -0.3 is 10.2 Å². The van der Waals surface area contributed by atoms with E-state index in [9.17, 15) is 13.2 Å². The second-order valence-electron chi connectivity index (χ2n) is 7.79. The summed E-state index contributed by atoms with van der Waals surface area (Å²) in [6, 6.07) is 4.69. The average Bonchev–Trinajstić information content (AvgIpc) is 3.28. The predicted octanol–water partition coefficient (Wildman–Crippen LogP) is 1.88. The van der Waals surface area contributed by atoms with Crippen molar-refractivity contribution in [1.29, 1.82) is 0 Å². The summed E-state index contributed by atoms with van der Waals surface area (Å²) in [5, 5.41) is 3.09. The third kappa shape index (κ3) is 5.30. The van der Waals surface area contributed by atoms with Gasteiger partial charge >= 0.3 is 0 Å². The van der Waals surface area contributed by atoms with E-state index >= 15 is 0 Å². The van der Waals surface area contributed by atoms with Crippen LogP contribution in [0, 0.1) is 0 Å². The normalized spacial score (nSPS) is 20.7. The van der Waals surface area contributed by atoms with Crippen molar-refractivity contribution in [1.82, 2.24) is 19.4 Å². The van der Waals surface area contributed by atoms with E-state index in [0.717, 1.165) is 45.6 Å². The van der Waals surface area contributed by atoms with Gasteiger partial charge in [-0.15, -0.1) is 0 Å². The number of hydrogen-bond acceptors (Lipinski definition) is 5. The maximum absolute atomic E-state index is 12.9. The van der Waals surface area contributed by atoms with Gasteiger partial charge in [0.05, 0.1) is 5.02 Å². The van der Waals surface area contributed by atoms with Crippen molar-refractivity contribution in [2.45, 2.75) is 37.6 Å². The Balaban J connectivity index is 1.62. The van der Waals surface area contributed by atoms with E-state index < -0.39 is 10.0 Å². The fraction of sp³-hybridized carbons (Fsp3) is 0.650. The van der Waals surface area contributed by atoms with Gasteiger partial charge in [0.1, 0.15) is 4.90 Å². The maximum atomic E-state index is 12.9. The van der Waals surface area contributed by atoms with Crippen molar-refractivity contribution in [3.8, 4) is 0 Å². The molecule has 9 heteroatoms. The van der Waals surface area contributed by atoms with Crippen LogP contribution in [0.25, 0.3) is 0 Å². The topological polar surface area (TPSA) is 73.0 Å². The molecule has 1 aromatic carbocycles. The third-order valence-corrected chi connectivity index (χ3v) is 8.29. The van der Waals surface area contributed by atoms with Crippen LogP contribution < -0.4 is 5.32 Å². The highest BCUT2D eigenvalue weighted by Gasteiger charge is 2.30. The number of carbonyl (C=O) groups is 1. The fourth-order valence-electron chi connectivity index (χ4n) is 3.90. The first-order valence-electron chi connectivity index (χ1n) is 10.4. The molecular formula is C20H31ClN4O3S. The molecule has 2 saturated heterocycles. The zero-order chi connectivity index (χ0) is 21.0. The van der Waals surface area contributed by atoms with Crippen molar-refractivity contribution in [3.63, 3.8) is 0 Å². The van der Waals surface area contributed by atoms with Gasteiger partial charge in [-0.25, -0.2) is 8.42 Å². The molecule has 1 unspecified atom stereocenters. The number of likely N-dealkylation sites (N-methyl/N-ethyl adjacent to an activating group) is 1. The first kappa shape index (κ1) is 22.5. The molecule has 2 aliphatic heterocycles. The molecule has 162 valence electrons. The van der Waals surface area contributed by atoms with Gasteiger partial charge in [0, 0.05) is 57.4 Å². The number of nitrogens with zero attached hydrogens (tertiary/aromatic N) is 3. The minimum Gasteiger partial charge on any atom is -0.350 e. The van der Waals surface area contributed by atoms with Crippen LogP contribution in [0.1, 0.15) is 37.0 Å². The van der Waals surface area contributed by atoms with Gasteiger partial charge in [0.15, 0.2) is 0 Å². The molecule has 0 radical (unpaired) electrons. The molecule has 1 atom stereocenters. The molecule has 0 aromatic heterocycles. The van der Waals surface area contributed by atoms with E-state index in [4.69, 9.17) is 11.6 Å². The van der Waals surface area contributed by atoms with Crippen LogP contribution in [0.4, 0.5) is 0 Å². The second kappa shape index (κ2) is 9.75. The number of nitrogens with one attached hydrogen (secondary N) is 1. The van der Waals surface area contributed by atoms with E-state index in [1.54, 1.807) is 6.07 Å². The van der Waals surface area contributed by atoms with Gasteiger partial charge in [-0.1, -0.05) is 18.5 Å². The molecule has 0 aliphatic carbocycles. The van der Waals surface area contributed by atoms with Crippen molar-refractivity contribution >= 4 is 27.5 Å². The molecule has 0 saturated carbocycles. The standard InChI is InChI=1S/C20H31ClN4O3S/c1-3-23-10-12-24(13-11-23)16(2)15-22-20(26)17-6-7-18(21)19(14-17)29(27,28)25-8-4-5-9-25/h6-7,14,16H,3-5,8-13,15H2,1-2H3,(H,22,26). The smallest absolute Gasteiger partial charge is 0.251 e. The van der Waals surface area contributed by atoms with Crippen LogP contribution in [0.15, 0.2) is 23.1 Å². The molecule has 2 fully saturated rings. The van der Waals surface area contributed by atoms with Crippen molar-refractivity contribution < 1.29 is 13.2 Å². The molecule has 7 nitrogen and oxygen atoms in total. The van der Waals surface area contributed by atoms with Crippen molar-refractivity contribution in [2.24, 2.45) is 0 Å². The lowest BCUT2D eigenvalue weighted by atomic mass is 10.2. The quantitative estimate of drug-likeness (QED) is 0.698. The Morgan fingerprint density at radius 2 is 1.79 bits per heavy atom. The minimum absolute atomic E-state index is 0.0115. The monoisotopic (exact) mass is 442 g/mol. The second-order valence-corrected chi connectivity index (χ2v) is 10.1. The first-order valence-corrected chi connectivity index (χ1v) is 12.2. The zero-order valence-corrected chi connectivity index (χ0v) is 18.8. The van der Waals surface area contributed by atoms with Gasteiger partial charge in [-0.3, -0.25) is 9.69 Å². The fourth-order valence-corrected chi connectivity index (χ4v) is 5.92. The Morgan fingerprint density at radius 3 is 2.41 bits per heavy atom. The summed E-state index contributed by atoms with van der Waals surface area (Å²) in [7, 11) is -3.67. The van der Waals surface area contributed by atoms with Gasteiger partial charge in [-0.05, 0) is 44.5 Å². The summed E-state index contributed by atoms with van der Waals surface area (Å²) in [6.45, 7) is 10.9. The van der Waals surface area contributed by atoms with E-state index in [1.807, 2.05) is 0 Å². The van der Waals surface area contributed by atoms with Crippen LogP contribution >= 0.6 is 11.6 Å². The largest absolute Gasteiger partial charge is 0.350 e. The summed E-state index contributed by atoms with van der Waals surface area (Å²) in [5.41, 5.74) is 0.315. The summed E-state index contributed by atoms with van der Waals surface area (Å²) >= 11 is 6.17. The van der Waals surface area contributed by atoms with E-state index in [0.29, 0.717) is 25.2 Å². The predicted molar refractivity (Wildman–Crippen MR) is 115 cm³/mol. The lowest BCUT2D eigenvalue weighted by Gasteiger charge is -2.37. The van der Waals surface area contributed by atoms with Gasteiger partial charge in [-0.2, -0.15) is 4.31 Å².